The van der Waals surface area contributed by atoms with Crippen LogP contribution in [0.5, 0.6) is 0 Å². The van der Waals surface area contributed by atoms with Crippen LogP contribution in [-0.4, -0.2) is 5.78 Å². The van der Waals surface area contributed by atoms with Gasteiger partial charge in [-0.05, 0) is 67.0 Å². The van der Waals surface area contributed by atoms with E-state index in [-0.39, 0.29) is 11.2 Å². The number of carbonyl (C=O) groups is 1. The van der Waals surface area contributed by atoms with Crippen LogP contribution < -0.4 is 0 Å². The van der Waals surface area contributed by atoms with Gasteiger partial charge in [-0.25, -0.2) is 0 Å². The highest BCUT2D eigenvalue weighted by molar-refractivity contribution is 6.42. The molecule has 0 N–H and O–H groups in total. The molecule has 23 heavy (non-hydrogen) atoms. The molecule has 0 fully saturated rings. The second kappa shape index (κ2) is 7.51. The average molecular weight is 349 g/mol. The Balaban J connectivity index is 2.09. The lowest BCUT2D eigenvalue weighted by atomic mass is 9.72. The summed E-state index contributed by atoms with van der Waals surface area (Å²) in [6.07, 6.45) is 10.5. The van der Waals surface area contributed by atoms with E-state index in [4.69, 9.17) is 23.2 Å². The van der Waals surface area contributed by atoms with Gasteiger partial charge in [-0.1, -0.05) is 60.8 Å². The Hall–Kier alpha value is -1.31. The molecule has 122 valence electrons. The van der Waals surface area contributed by atoms with Gasteiger partial charge in [-0.3, -0.25) is 4.79 Å². The van der Waals surface area contributed by atoms with Crippen LogP contribution in [-0.2, 0) is 4.79 Å². The summed E-state index contributed by atoms with van der Waals surface area (Å²) in [5.41, 5.74) is 3.68. The Labute approximate surface area is 148 Å². The summed E-state index contributed by atoms with van der Waals surface area (Å²) < 4.78 is 0. The van der Waals surface area contributed by atoms with Gasteiger partial charge in [0, 0.05) is 0 Å². The Kier molecular flexibility index (Phi) is 5.89. The highest BCUT2D eigenvalue weighted by Crippen LogP contribution is 2.40. The highest BCUT2D eigenvalue weighted by Gasteiger charge is 2.26. The largest absolute Gasteiger partial charge is 0.290 e. The maximum Gasteiger partial charge on any atom is 0.178 e. The molecular formula is C20H22Cl2O. The van der Waals surface area contributed by atoms with E-state index in [0.717, 1.165) is 18.4 Å². The summed E-state index contributed by atoms with van der Waals surface area (Å²) in [4.78, 5) is 12.1. The number of hydrogen-bond acceptors (Lipinski definition) is 1. The molecule has 0 amide bonds. The van der Waals surface area contributed by atoms with Gasteiger partial charge in [0.15, 0.2) is 5.78 Å². The minimum Gasteiger partial charge on any atom is -0.290 e. The van der Waals surface area contributed by atoms with Crippen molar-refractivity contribution in [3.63, 3.8) is 0 Å². The molecule has 0 unspecified atom stereocenters. The lowest BCUT2D eigenvalue weighted by molar-refractivity contribution is -0.110. The van der Waals surface area contributed by atoms with Gasteiger partial charge in [0.2, 0.25) is 0 Å². The summed E-state index contributed by atoms with van der Waals surface area (Å²) in [7, 11) is 0. The van der Waals surface area contributed by atoms with Crippen molar-refractivity contribution < 1.29 is 4.79 Å². The van der Waals surface area contributed by atoms with Gasteiger partial charge in [0.25, 0.3) is 0 Å². The fourth-order valence-electron chi connectivity index (χ4n) is 3.03. The molecule has 1 aliphatic carbocycles. The van der Waals surface area contributed by atoms with E-state index in [0.29, 0.717) is 10.0 Å². The van der Waals surface area contributed by atoms with E-state index in [1.165, 1.54) is 17.6 Å². The zero-order valence-electron chi connectivity index (χ0n) is 13.8. The minimum atomic E-state index is -0.0299. The summed E-state index contributed by atoms with van der Waals surface area (Å²) >= 11 is 11.8. The second-order valence-corrected chi connectivity index (χ2v) is 7.49. The van der Waals surface area contributed by atoms with Gasteiger partial charge >= 0.3 is 0 Å². The Bertz CT molecular complexity index is 694. The number of carbonyl (C=O) groups excluding carboxylic acids is 1. The molecule has 1 aromatic carbocycles. The monoisotopic (exact) mass is 348 g/mol. The van der Waals surface area contributed by atoms with Crippen molar-refractivity contribution in [1.82, 2.24) is 0 Å². The lowest BCUT2D eigenvalue weighted by Gasteiger charge is -2.32. The van der Waals surface area contributed by atoms with Crippen LogP contribution in [0.25, 0.3) is 6.08 Å². The molecular weight excluding hydrogens is 327 g/mol. The number of rotatable bonds is 4. The van der Waals surface area contributed by atoms with Crippen LogP contribution >= 0.6 is 23.2 Å². The molecule has 1 aliphatic rings. The standard InChI is InChI=1S/C20H22Cl2O/c1-14-5-4-12-20(2,3)17(14)10-9-16(23)8-6-15-7-11-18(21)19(22)13-15/h6-11,13H,4-5,12H2,1-3H3/b8-6+,10-9+. The molecule has 0 saturated heterocycles. The Morgan fingerprint density at radius 3 is 2.48 bits per heavy atom. The van der Waals surface area contributed by atoms with Crippen molar-refractivity contribution in [2.45, 2.75) is 40.0 Å². The van der Waals surface area contributed by atoms with Crippen molar-refractivity contribution in [3.05, 3.63) is 63.2 Å². The molecule has 0 bridgehead atoms. The maximum absolute atomic E-state index is 12.1. The van der Waals surface area contributed by atoms with Gasteiger partial charge in [0.05, 0.1) is 10.0 Å². The number of allylic oxidation sites excluding steroid dienone is 5. The van der Waals surface area contributed by atoms with Crippen molar-refractivity contribution in [2.24, 2.45) is 5.41 Å². The van der Waals surface area contributed by atoms with E-state index in [9.17, 15) is 4.79 Å². The van der Waals surface area contributed by atoms with Crippen LogP contribution in [0.2, 0.25) is 10.0 Å². The third-order valence-corrected chi connectivity index (χ3v) is 5.08. The van der Waals surface area contributed by atoms with E-state index >= 15 is 0 Å². The molecule has 2 rings (SSSR count). The SMILES string of the molecule is CC1=C(/C=C/C(=O)/C=C/c2ccc(Cl)c(Cl)c2)C(C)(C)CCC1. The highest BCUT2D eigenvalue weighted by atomic mass is 35.5. The van der Waals surface area contributed by atoms with Crippen LogP contribution in [0.15, 0.2) is 47.6 Å². The second-order valence-electron chi connectivity index (χ2n) is 6.67. The molecule has 0 saturated carbocycles. The maximum atomic E-state index is 12.1. The van der Waals surface area contributed by atoms with Crippen molar-refractivity contribution in [3.8, 4) is 0 Å². The predicted octanol–water partition coefficient (Wildman–Crippen LogP) is 6.66. The predicted molar refractivity (Wildman–Crippen MR) is 100.0 cm³/mol. The third kappa shape index (κ3) is 4.83. The number of halogens is 2. The number of ketones is 1. The summed E-state index contributed by atoms with van der Waals surface area (Å²) in [5.74, 6) is -0.0299. The van der Waals surface area contributed by atoms with E-state index in [2.05, 4.69) is 20.8 Å². The molecule has 3 heteroatoms. The summed E-state index contributed by atoms with van der Waals surface area (Å²) in [5, 5.41) is 0.999. The fourth-order valence-corrected chi connectivity index (χ4v) is 3.33. The topological polar surface area (TPSA) is 17.1 Å². The molecule has 1 nitrogen and oxygen atoms in total. The summed E-state index contributed by atoms with van der Waals surface area (Å²) in [6, 6.07) is 5.30. The first kappa shape index (κ1) is 18.0. The molecule has 0 aromatic heterocycles. The molecule has 1 aromatic rings. The lowest BCUT2D eigenvalue weighted by Crippen LogP contribution is -2.19. The number of hydrogen-bond donors (Lipinski definition) is 0. The average Bonchev–Trinajstić information content (AvgIpc) is 2.47. The van der Waals surface area contributed by atoms with Crippen molar-refractivity contribution in [2.75, 3.05) is 0 Å². The zero-order valence-corrected chi connectivity index (χ0v) is 15.3. The molecule has 0 spiro atoms. The summed E-state index contributed by atoms with van der Waals surface area (Å²) in [6.45, 7) is 6.65. The van der Waals surface area contributed by atoms with Crippen LogP contribution in [0.4, 0.5) is 0 Å². The molecule has 0 aliphatic heterocycles. The van der Waals surface area contributed by atoms with Gasteiger partial charge in [-0.2, -0.15) is 0 Å². The fraction of sp³-hybridized carbons (Fsp3) is 0.350. The van der Waals surface area contributed by atoms with E-state index < -0.39 is 0 Å². The first-order valence-electron chi connectivity index (χ1n) is 7.85. The van der Waals surface area contributed by atoms with Gasteiger partial charge in [0.1, 0.15) is 0 Å². The Morgan fingerprint density at radius 2 is 1.83 bits per heavy atom. The molecule has 0 heterocycles. The van der Waals surface area contributed by atoms with Gasteiger partial charge in [-0.15, -0.1) is 0 Å². The van der Waals surface area contributed by atoms with Crippen LogP contribution in [0.1, 0.15) is 45.6 Å². The first-order chi connectivity index (χ1) is 10.8. The smallest absolute Gasteiger partial charge is 0.178 e. The van der Waals surface area contributed by atoms with Crippen LogP contribution in [0, 0.1) is 5.41 Å². The van der Waals surface area contributed by atoms with Crippen LogP contribution in [0.3, 0.4) is 0 Å². The van der Waals surface area contributed by atoms with E-state index in [1.807, 2.05) is 12.1 Å². The zero-order chi connectivity index (χ0) is 17.0. The van der Waals surface area contributed by atoms with E-state index in [1.54, 1.807) is 30.4 Å². The Morgan fingerprint density at radius 1 is 1.13 bits per heavy atom. The first-order valence-corrected chi connectivity index (χ1v) is 8.60. The molecule has 0 atom stereocenters. The molecule has 0 radical (unpaired) electrons. The minimum absolute atomic E-state index is 0.0299. The van der Waals surface area contributed by atoms with Gasteiger partial charge < -0.3 is 0 Å². The number of benzene rings is 1. The van der Waals surface area contributed by atoms with Crippen molar-refractivity contribution >= 4 is 35.1 Å². The third-order valence-electron chi connectivity index (χ3n) is 4.34. The quantitative estimate of drug-likeness (QED) is 0.556. The van der Waals surface area contributed by atoms with Crippen molar-refractivity contribution in [1.29, 1.82) is 0 Å². The normalized spacial score (nSPS) is 18.1.